The Kier molecular flexibility index (Phi) is 5.76. The fourth-order valence-corrected chi connectivity index (χ4v) is 2.71. The van der Waals surface area contributed by atoms with Crippen molar-refractivity contribution in [2.45, 2.75) is 20.8 Å². The monoisotopic (exact) mass is 392 g/mol. The molecule has 0 aliphatic carbocycles. The summed E-state index contributed by atoms with van der Waals surface area (Å²) in [6, 6.07) is 9.84. The van der Waals surface area contributed by atoms with Gasteiger partial charge < -0.3 is 0 Å². The average Bonchev–Trinajstić information content (AvgIpc) is 2.65. The molecular formula is C25H16F4. The quantitative estimate of drug-likeness (QED) is 0.327. The number of halogens is 4. The van der Waals surface area contributed by atoms with Gasteiger partial charge in [0.1, 0.15) is 23.3 Å². The first-order chi connectivity index (χ1) is 13.7. The molecular weight excluding hydrogens is 376 g/mol. The van der Waals surface area contributed by atoms with Gasteiger partial charge >= 0.3 is 0 Å². The number of benzene rings is 3. The highest BCUT2D eigenvalue weighted by atomic mass is 19.1. The maximum atomic E-state index is 14.4. The average molecular weight is 392 g/mol. The summed E-state index contributed by atoms with van der Waals surface area (Å²) in [4.78, 5) is 0. The topological polar surface area (TPSA) is 0 Å². The van der Waals surface area contributed by atoms with Gasteiger partial charge in [0, 0.05) is 22.3 Å². The molecule has 0 saturated heterocycles. The van der Waals surface area contributed by atoms with Crippen LogP contribution in [0.1, 0.15) is 38.9 Å². The molecule has 0 aromatic heterocycles. The van der Waals surface area contributed by atoms with Crippen molar-refractivity contribution in [3.8, 4) is 23.7 Å². The van der Waals surface area contributed by atoms with Crippen molar-refractivity contribution in [1.82, 2.24) is 0 Å². The van der Waals surface area contributed by atoms with Crippen molar-refractivity contribution in [3.63, 3.8) is 0 Å². The lowest BCUT2D eigenvalue weighted by Gasteiger charge is -2.01. The maximum Gasteiger partial charge on any atom is 0.143 e. The standard InChI is InChI=1S/C25H16F4/c1-15-4-7-20(16(2)10-15)8-9-21-24(28)13-19(14-25(21)29)6-5-18-11-22(26)17(3)23(27)12-18/h4,7,10-14H,1-3H3. The minimum Gasteiger partial charge on any atom is -0.207 e. The Balaban J connectivity index is 1.93. The van der Waals surface area contributed by atoms with Crippen LogP contribution < -0.4 is 0 Å². The SMILES string of the molecule is Cc1ccc(C#Cc2c(F)cc(C#Cc3cc(F)c(C)c(F)c3)cc2F)c(C)c1. The third kappa shape index (κ3) is 4.68. The van der Waals surface area contributed by atoms with Crippen LogP contribution in [0.5, 0.6) is 0 Å². The highest BCUT2D eigenvalue weighted by molar-refractivity contribution is 5.51. The van der Waals surface area contributed by atoms with Crippen LogP contribution in [-0.2, 0) is 0 Å². The molecule has 0 bridgehead atoms. The van der Waals surface area contributed by atoms with Crippen LogP contribution in [0.25, 0.3) is 0 Å². The highest BCUT2D eigenvalue weighted by Crippen LogP contribution is 2.17. The zero-order valence-electron chi connectivity index (χ0n) is 16.1. The zero-order chi connectivity index (χ0) is 21.1. The van der Waals surface area contributed by atoms with E-state index in [1.165, 1.54) is 6.92 Å². The Labute approximate surface area is 167 Å². The Morgan fingerprint density at radius 2 is 1.10 bits per heavy atom. The third-order valence-electron chi connectivity index (χ3n) is 4.38. The van der Waals surface area contributed by atoms with Crippen molar-refractivity contribution >= 4 is 0 Å². The number of hydrogen-bond donors (Lipinski definition) is 0. The summed E-state index contributed by atoms with van der Waals surface area (Å²) in [7, 11) is 0. The first-order valence-corrected chi connectivity index (χ1v) is 8.80. The smallest absolute Gasteiger partial charge is 0.143 e. The van der Waals surface area contributed by atoms with Gasteiger partial charge in [-0.2, -0.15) is 0 Å². The molecule has 0 heterocycles. The predicted octanol–water partition coefficient (Wildman–Crippen LogP) is 5.97. The van der Waals surface area contributed by atoms with E-state index >= 15 is 0 Å². The molecule has 0 atom stereocenters. The van der Waals surface area contributed by atoms with Gasteiger partial charge in [0.15, 0.2) is 0 Å². The van der Waals surface area contributed by atoms with Gasteiger partial charge in [-0.25, -0.2) is 17.6 Å². The molecule has 3 aromatic carbocycles. The van der Waals surface area contributed by atoms with E-state index in [1.807, 2.05) is 26.0 Å². The Hall–Kier alpha value is -3.50. The molecule has 29 heavy (non-hydrogen) atoms. The van der Waals surface area contributed by atoms with Crippen LogP contribution >= 0.6 is 0 Å². The molecule has 0 aliphatic heterocycles. The van der Waals surface area contributed by atoms with Crippen LogP contribution in [0, 0.1) is 67.7 Å². The van der Waals surface area contributed by atoms with Crippen molar-refractivity contribution in [3.05, 3.63) is 105 Å². The highest BCUT2D eigenvalue weighted by Gasteiger charge is 2.09. The maximum absolute atomic E-state index is 14.4. The molecule has 3 rings (SSSR count). The second kappa shape index (κ2) is 8.25. The Bertz CT molecular complexity index is 1190. The van der Waals surface area contributed by atoms with Crippen LogP contribution in [0.2, 0.25) is 0 Å². The summed E-state index contributed by atoms with van der Waals surface area (Å²) in [6.07, 6.45) is 0. The Morgan fingerprint density at radius 3 is 1.62 bits per heavy atom. The second-order valence-corrected chi connectivity index (χ2v) is 6.70. The van der Waals surface area contributed by atoms with Crippen molar-refractivity contribution in [2.75, 3.05) is 0 Å². The van der Waals surface area contributed by atoms with Gasteiger partial charge in [0.2, 0.25) is 0 Å². The number of rotatable bonds is 0. The lowest BCUT2D eigenvalue weighted by atomic mass is 10.0. The van der Waals surface area contributed by atoms with E-state index in [2.05, 4.69) is 23.7 Å². The number of hydrogen-bond acceptors (Lipinski definition) is 0. The lowest BCUT2D eigenvalue weighted by Crippen LogP contribution is -1.93. The van der Waals surface area contributed by atoms with Crippen molar-refractivity contribution in [2.24, 2.45) is 0 Å². The molecule has 144 valence electrons. The first-order valence-electron chi connectivity index (χ1n) is 8.80. The van der Waals surface area contributed by atoms with Gasteiger partial charge in [-0.15, -0.1) is 0 Å². The molecule has 3 aromatic rings. The summed E-state index contributed by atoms with van der Waals surface area (Å²) in [5, 5.41) is 0. The summed E-state index contributed by atoms with van der Waals surface area (Å²) in [5.74, 6) is 7.18. The summed E-state index contributed by atoms with van der Waals surface area (Å²) < 4.78 is 55.9. The van der Waals surface area contributed by atoms with Crippen molar-refractivity contribution in [1.29, 1.82) is 0 Å². The molecule has 0 aliphatic rings. The van der Waals surface area contributed by atoms with Gasteiger partial charge in [0.25, 0.3) is 0 Å². The molecule has 0 N–H and O–H groups in total. The fourth-order valence-electron chi connectivity index (χ4n) is 2.71. The molecule has 0 fully saturated rings. The zero-order valence-corrected chi connectivity index (χ0v) is 16.1. The van der Waals surface area contributed by atoms with Gasteiger partial charge in [-0.05, 0) is 56.7 Å². The summed E-state index contributed by atoms with van der Waals surface area (Å²) in [6.45, 7) is 5.13. The van der Waals surface area contributed by atoms with Crippen LogP contribution in [-0.4, -0.2) is 0 Å². The van der Waals surface area contributed by atoms with Crippen LogP contribution in [0.4, 0.5) is 17.6 Å². The summed E-state index contributed by atoms with van der Waals surface area (Å²) >= 11 is 0. The van der Waals surface area contributed by atoms with Crippen LogP contribution in [0.3, 0.4) is 0 Å². The van der Waals surface area contributed by atoms with Gasteiger partial charge in [-0.1, -0.05) is 41.4 Å². The molecule has 0 radical (unpaired) electrons. The normalized spacial score (nSPS) is 10.0. The first kappa shape index (κ1) is 20.2. The number of aryl methyl sites for hydroxylation is 2. The minimum atomic E-state index is -0.854. The van der Waals surface area contributed by atoms with Gasteiger partial charge in [-0.3, -0.25) is 0 Å². The lowest BCUT2D eigenvalue weighted by molar-refractivity contribution is 0.567. The van der Waals surface area contributed by atoms with E-state index in [9.17, 15) is 17.6 Å². The third-order valence-corrected chi connectivity index (χ3v) is 4.38. The Morgan fingerprint density at radius 1 is 0.586 bits per heavy atom. The van der Waals surface area contributed by atoms with E-state index in [4.69, 9.17) is 0 Å². The molecule has 0 amide bonds. The molecule has 0 saturated carbocycles. The molecule has 0 spiro atoms. The van der Waals surface area contributed by atoms with E-state index in [0.717, 1.165) is 35.4 Å². The second-order valence-electron chi connectivity index (χ2n) is 6.70. The van der Waals surface area contributed by atoms with E-state index in [-0.39, 0.29) is 22.3 Å². The van der Waals surface area contributed by atoms with E-state index < -0.39 is 23.3 Å². The fraction of sp³-hybridized carbons (Fsp3) is 0.120. The largest absolute Gasteiger partial charge is 0.207 e. The molecule has 4 heteroatoms. The predicted molar refractivity (Wildman–Crippen MR) is 105 cm³/mol. The van der Waals surface area contributed by atoms with Crippen LogP contribution in [0.15, 0.2) is 42.5 Å². The van der Waals surface area contributed by atoms with E-state index in [0.29, 0.717) is 5.56 Å². The molecule has 0 nitrogen and oxygen atoms in total. The summed E-state index contributed by atoms with van der Waals surface area (Å²) in [5.41, 5.74) is 2.31. The minimum absolute atomic E-state index is 0.0402. The van der Waals surface area contributed by atoms with Crippen molar-refractivity contribution < 1.29 is 17.6 Å². The molecule has 0 unspecified atom stereocenters. The van der Waals surface area contributed by atoms with Gasteiger partial charge in [0.05, 0.1) is 5.56 Å². The van der Waals surface area contributed by atoms with E-state index in [1.54, 1.807) is 6.07 Å².